The molecule has 0 amide bonds. The van der Waals surface area contributed by atoms with Crippen LogP contribution in [0.4, 0.5) is 0 Å². The van der Waals surface area contributed by atoms with Crippen molar-refractivity contribution in [2.45, 2.75) is 20.3 Å². The van der Waals surface area contributed by atoms with Gasteiger partial charge >= 0.3 is 0 Å². The zero-order valence-corrected chi connectivity index (χ0v) is 9.78. The van der Waals surface area contributed by atoms with Crippen LogP contribution < -0.4 is 4.74 Å². The number of Topliss-reactive ketones (excluding diaryl/α,β-unsaturated/α-hetero) is 1. The molecule has 0 aromatic heterocycles. The van der Waals surface area contributed by atoms with Gasteiger partial charge in [0.15, 0.2) is 5.78 Å². The standard InChI is InChI=1S/C13H15NO2/c1-13(2,9-14)12(15)8-10-4-6-11(16-3)7-5-10/h4-7H,8H2,1-3H3. The van der Waals surface area contributed by atoms with Crippen LogP contribution in [-0.4, -0.2) is 12.9 Å². The number of nitrogens with zero attached hydrogens (tertiary/aromatic N) is 1. The van der Waals surface area contributed by atoms with Gasteiger partial charge in [-0.15, -0.1) is 0 Å². The first-order chi connectivity index (χ1) is 7.49. The van der Waals surface area contributed by atoms with Gasteiger partial charge in [-0.1, -0.05) is 12.1 Å². The summed E-state index contributed by atoms with van der Waals surface area (Å²) < 4.78 is 5.03. The molecule has 16 heavy (non-hydrogen) atoms. The summed E-state index contributed by atoms with van der Waals surface area (Å²) in [7, 11) is 1.60. The van der Waals surface area contributed by atoms with Gasteiger partial charge in [0.2, 0.25) is 0 Å². The quantitative estimate of drug-likeness (QED) is 0.777. The highest BCUT2D eigenvalue weighted by Gasteiger charge is 2.26. The van der Waals surface area contributed by atoms with Gasteiger partial charge in [-0.3, -0.25) is 4.79 Å². The fourth-order valence-corrected chi connectivity index (χ4v) is 1.21. The van der Waals surface area contributed by atoms with Gasteiger partial charge in [0.25, 0.3) is 0 Å². The Hall–Kier alpha value is -1.82. The van der Waals surface area contributed by atoms with E-state index in [0.717, 1.165) is 11.3 Å². The number of benzene rings is 1. The largest absolute Gasteiger partial charge is 0.497 e. The predicted molar refractivity (Wildman–Crippen MR) is 61.1 cm³/mol. The van der Waals surface area contributed by atoms with Crippen LogP contribution in [0.1, 0.15) is 19.4 Å². The Labute approximate surface area is 95.7 Å². The number of rotatable bonds is 4. The maximum absolute atomic E-state index is 11.8. The highest BCUT2D eigenvalue weighted by molar-refractivity contribution is 5.88. The summed E-state index contributed by atoms with van der Waals surface area (Å²) in [6.07, 6.45) is 0.282. The first-order valence-electron chi connectivity index (χ1n) is 5.07. The third-order valence-corrected chi connectivity index (χ3v) is 2.50. The second kappa shape index (κ2) is 4.80. The van der Waals surface area contributed by atoms with Crippen molar-refractivity contribution in [3.05, 3.63) is 29.8 Å². The molecule has 0 radical (unpaired) electrons. The Morgan fingerprint density at radius 2 is 1.94 bits per heavy atom. The van der Waals surface area contributed by atoms with Crippen molar-refractivity contribution in [1.29, 1.82) is 5.26 Å². The molecule has 84 valence electrons. The minimum absolute atomic E-state index is 0.0693. The van der Waals surface area contributed by atoms with Gasteiger partial charge in [0, 0.05) is 6.42 Å². The van der Waals surface area contributed by atoms with E-state index < -0.39 is 5.41 Å². The molecule has 3 nitrogen and oxygen atoms in total. The maximum Gasteiger partial charge on any atom is 0.156 e. The summed E-state index contributed by atoms with van der Waals surface area (Å²) in [5.41, 5.74) is -0.0194. The van der Waals surface area contributed by atoms with Gasteiger partial charge < -0.3 is 4.74 Å². The molecule has 0 fully saturated rings. The minimum Gasteiger partial charge on any atom is -0.497 e. The van der Waals surface area contributed by atoms with Crippen LogP contribution >= 0.6 is 0 Å². The molecular formula is C13H15NO2. The smallest absolute Gasteiger partial charge is 0.156 e. The summed E-state index contributed by atoms with van der Waals surface area (Å²) in [6, 6.07) is 9.30. The van der Waals surface area contributed by atoms with Crippen molar-refractivity contribution >= 4 is 5.78 Å². The summed E-state index contributed by atoms with van der Waals surface area (Å²) in [5, 5.41) is 8.83. The fraction of sp³-hybridized carbons (Fsp3) is 0.385. The number of hydrogen-bond acceptors (Lipinski definition) is 3. The average molecular weight is 217 g/mol. The third-order valence-electron chi connectivity index (χ3n) is 2.50. The molecule has 0 aliphatic rings. The molecule has 0 saturated heterocycles. The van der Waals surface area contributed by atoms with Crippen LogP contribution in [-0.2, 0) is 11.2 Å². The molecule has 1 aromatic rings. The molecule has 0 aliphatic carbocycles. The van der Waals surface area contributed by atoms with E-state index >= 15 is 0 Å². The molecule has 0 aliphatic heterocycles. The predicted octanol–water partition coefficient (Wildman–Crippen LogP) is 2.36. The summed E-state index contributed by atoms with van der Waals surface area (Å²) >= 11 is 0. The Bertz CT molecular complexity index is 413. The van der Waals surface area contributed by atoms with Crippen molar-refractivity contribution in [2.75, 3.05) is 7.11 Å². The molecule has 1 rings (SSSR count). The number of carbonyl (C=O) groups is 1. The topological polar surface area (TPSA) is 50.1 Å². The fourth-order valence-electron chi connectivity index (χ4n) is 1.21. The molecular weight excluding hydrogens is 202 g/mol. The Morgan fingerprint density at radius 1 is 1.38 bits per heavy atom. The highest BCUT2D eigenvalue weighted by Crippen LogP contribution is 2.19. The molecule has 0 unspecified atom stereocenters. The number of ketones is 1. The van der Waals surface area contributed by atoms with E-state index in [9.17, 15) is 4.79 Å². The second-order valence-corrected chi connectivity index (χ2v) is 4.18. The maximum atomic E-state index is 11.8. The summed E-state index contributed by atoms with van der Waals surface area (Å²) in [6.45, 7) is 3.28. The summed E-state index contributed by atoms with van der Waals surface area (Å²) in [5.74, 6) is 0.691. The van der Waals surface area contributed by atoms with Gasteiger partial charge in [0.05, 0.1) is 13.2 Å². The normalized spacial score (nSPS) is 10.6. The monoisotopic (exact) mass is 217 g/mol. The van der Waals surface area contributed by atoms with Gasteiger partial charge in [-0.05, 0) is 31.5 Å². The van der Waals surface area contributed by atoms with Crippen molar-refractivity contribution in [3.8, 4) is 11.8 Å². The molecule has 0 atom stereocenters. The lowest BCUT2D eigenvalue weighted by molar-refractivity contribution is -0.123. The van der Waals surface area contributed by atoms with Crippen LogP contribution in [0.5, 0.6) is 5.75 Å². The SMILES string of the molecule is COc1ccc(CC(=O)C(C)(C)C#N)cc1. The number of hydrogen-bond donors (Lipinski definition) is 0. The van der Waals surface area contributed by atoms with Crippen LogP contribution in [0.2, 0.25) is 0 Å². The molecule has 0 saturated carbocycles. The summed E-state index contributed by atoms with van der Waals surface area (Å²) in [4.78, 5) is 11.8. The number of ether oxygens (including phenoxy) is 1. The lowest BCUT2D eigenvalue weighted by atomic mass is 9.86. The molecule has 0 bridgehead atoms. The lowest BCUT2D eigenvalue weighted by Gasteiger charge is -2.13. The van der Waals surface area contributed by atoms with Gasteiger partial charge in [-0.2, -0.15) is 5.26 Å². The van der Waals surface area contributed by atoms with Gasteiger partial charge in [-0.25, -0.2) is 0 Å². The number of carbonyl (C=O) groups excluding carboxylic acids is 1. The second-order valence-electron chi connectivity index (χ2n) is 4.18. The Morgan fingerprint density at radius 3 is 2.38 bits per heavy atom. The van der Waals surface area contributed by atoms with Crippen LogP contribution in [0, 0.1) is 16.7 Å². The van der Waals surface area contributed by atoms with Crippen LogP contribution in [0.3, 0.4) is 0 Å². The van der Waals surface area contributed by atoms with Crippen molar-refractivity contribution in [1.82, 2.24) is 0 Å². The van der Waals surface area contributed by atoms with Crippen molar-refractivity contribution in [2.24, 2.45) is 5.41 Å². The lowest BCUT2D eigenvalue weighted by Crippen LogP contribution is -2.23. The van der Waals surface area contributed by atoms with E-state index in [-0.39, 0.29) is 12.2 Å². The first-order valence-corrected chi connectivity index (χ1v) is 5.07. The molecule has 0 heterocycles. The average Bonchev–Trinajstić information content (AvgIpc) is 2.30. The van der Waals surface area contributed by atoms with Crippen molar-refractivity contribution < 1.29 is 9.53 Å². The zero-order chi connectivity index (χ0) is 12.2. The van der Waals surface area contributed by atoms with E-state index in [2.05, 4.69) is 0 Å². The number of nitriles is 1. The first kappa shape index (κ1) is 12.3. The molecule has 0 spiro atoms. The number of methoxy groups -OCH3 is 1. The van der Waals surface area contributed by atoms with E-state index in [1.165, 1.54) is 0 Å². The minimum atomic E-state index is -0.917. The Kier molecular flexibility index (Phi) is 3.68. The van der Waals surface area contributed by atoms with E-state index in [4.69, 9.17) is 10.00 Å². The molecule has 3 heteroatoms. The highest BCUT2D eigenvalue weighted by atomic mass is 16.5. The molecule has 0 N–H and O–H groups in total. The van der Waals surface area contributed by atoms with E-state index in [1.807, 2.05) is 30.3 Å². The van der Waals surface area contributed by atoms with Crippen LogP contribution in [0.15, 0.2) is 24.3 Å². The third kappa shape index (κ3) is 2.83. The Balaban J connectivity index is 2.75. The van der Waals surface area contributed by atoms with Gasteiger partial charge in [0.1, 0.15) is 11.2 Å². The van der Waals surface area contributed by atoms with E-state index in [0.29, 0.717) is 0 Å². The van der Waals surface area contributed by atoms with Crippen LogP contribution in [0.25, 0.3) is 0 Å². The van der Waals surface area contributed by atoms with E-state index in [1.54, 1.807) is 21.0 Å². The molecule has 1 aromatic carbocycles. The zero-order valence-electron chi connectivity index (χ0n) is 9.78. The van der Waals surface area contributed by atoms with Crippen molar-refractivity contribution in [3.63, 3.8) is 0 Å².